The van der Waals surface area contributed by atoms with Gasteiger partial charge in [0.25, 0.3) is 5.91 Å². The summed E-state index contributed by atoms with van der Waals surface area (Å²) in [5, 5.41) is 6.91. The number of primary amides is 1. The highest BCUT2D eigenvalue weighted by molar-refractivity contribution is 5.95. The molecule has 0 aliphatic heterocycles. The third kappa shape index (κ3) is 0.790. The van der Waals surface area contributed by atoms with Gasteiger partial charge in [0, 0.05) is 7.05 Å². The van der Waals surface area contributed by atoms with E-state index in [2.05, 4.69) is 10.3 Å². The maximum absolute atomic E-state index is 10.5. The molecule has 0 saturated heterocycles. The lowest BCUT2D eigenvalue weighted by molar-refractivity contribution is 0.0992. The molecule has 0 fully saturated rings. The Morgan fingerprint density at radius 3 is 2.50 bits per heavy atom. The fourth-order valence-electron chi connectivity index (χ4n) is 0.659. The second kappa shape index (κ2) is 1.98. The first-order chi connectivity index (χ1) is 4.63. The normalized spacial score (nSPS) is 9.70. The van der Waals surface area contributed by atoms with Crippen molar-refractivity contribution in [2.75, 3.05) is 5.73 Å². The Hall–Kier alpha value is -1.59. The quantitative estimate of drug-likeness (QED) is 0.496. The molecule has 6 heteroatoms. The molecule has 1 amide bonds. The van der Waals surface area contributed by atoms with E-state index in [-0.39, 0.29) is 11.5 Å². The van der Waals surface area contributed by atoms with Crippen LogP contribution in [-0.4, -0.2) is 20.9 Å². The summed E-state index contributed by atoms with van der Waals surface area (Å²) in [6, 6.07) is 0. The number of nitrogens with two attached hydrogens (primary N) is 2. The van der Waals surface area contributed by atoms with Crippen LogP contribution in [0.15, 0.2) is 0 Å². The summed E-state index contributed by atoms with van der Waals surface area (Å²) < 4.78 is 1.23. The van der Waals surface area contributed by atoms with Crippen molar-refractivity contribution in [1.82, 2.24) is 15.0 Å². The molecule has 0 spiro atoms. The molecule has 1 rings (SSSR count). The number of aryl methyl sites for hydroxylation is 1. The van der Waals surface area contributed by atoms with E-state index in [1.54, 1.807) is 7.05 Å². The monoisotopic (exact) mass is 141 g/mol. The Morgan fingerprint density at radius 2 is 2.30 bits per heavy atom. The van der Waals surface area contributed by atoms with Crippen molar-refractivity contribution in [2.45, 2.75) is 0 Å². The summed E-state index contributed by atoms with van der Waals surface area (Å²) in [6.07, 6.45) is 0. The van der Waals surface area contributed by atoms with E-state index in [9.17, 15) is 4.79 Å². The van der Waals surface area contributed by atoms with Crippen LogP contribution in [0, 0.1) is 0 Å². The summed E-state index contributed by atoms with van der Waals surface area (Å²) in [5.74, 6) is -0.556. The van der Waals surface area contributed by atoms with Gasteiger partial charge in [-0.05, 0) is 0 Å². The topological polar surface area (TPSA) is 99.8 Å². The molecule has 0 unspecified atom stereocenters. The lowest BCUT2D eigenvalue weighted by Crippen LogP contribution is -2.17. The van der Waals surface area contributed by atoms with Gasteiger partial charge in [0.1, 0.15) is 0 Å². The number of anilines is 1. The number of amides is 1. The van der Waals surface area contributed by atoms with Gasteiger partial charge in [-0.1, -0.05) is 5.21 Å². The SMILES string of the molecule is Cn1nnc(N)c1C(N)=O. The van der Waals surface area contributed by atoms with E-state index in [0.29, 0.717) is 0 Å². The molecule has 0 radical (unpaired) electrons. The first kappa shape index (κ1) is 6.53. The van der Waals surface area contributed by atoms with Crippen molar-refractivity contribution in [2.24, 2.45) is 12.8 Å². The average Bonchev–Trinajstić information content (AvgIpc) is 2.11. The minimum Gasteiger partial charge on any atom is -0.380 e. The van der Waals surface area contributed by atoms with Gasteiger partial charge in [-0.25, -0.2) is 4.68 Å². The highest BCUT2D eigenvalue weighted by Crippen LogP contribution is 2.02. The Kier molecular flexibility index (Phi) is 1.29. The van der Waals surface area contributed by atoms with Crippen molar-refractivity contribution in [1.29, 1.82) is 0 Å². The Balaban J connectivity index is 3.23. The zero-order valence-electron chi connectivity index (χ0n) is 5.40. The predicted octanol–water partition coefficient (Wildman–Crippen LogP) is -1.50. The number of aromatic nitrogens is 3. The largest absolute Gasteiger partial charge is 0.380 e. The van der Waals surface area contributed by atoms with Gasteiger partial charge in [-0.3, -0.25) is 4.79 Å². The molecule has 4 N–H and O–H groups in total. The van der Waals surface area contributed by atoms with E-state index in [1.165, 1.54) is 4.68 Å². The molecule has 1 aromatic rings. The van der Waals surface area contributed by atoms with E-state index in [0.717, 1.165) is 0 Å². The minimum absolute atomic E-state index is 0.0648. The molecule has 0 aliphatic carbocycles. The van der Waals surface area contributed by atoms with Crippen LogP contribution in [0.25, 0.3) is 0 Å². The first-order valence-electron chi connectivity index (χ1n) is 2.58. The maximum Gasteiger partial charge on any atom is 0.270 e. The zero-order chi connectivity index (χ0) is 7.72. The molecule has 10 heavy (non-hydrogen) atoms. The third-order valence-corrected chi connectivity index (χ3v) is 1.09. The summed E-state index contributed by atoms with van der Waals surface area (Å²) in [6.45, 7) is 0. The van der Waals surface area contributed by atoms with Gasteiger partial charge < -0.3 is 11.5 Å². The maximum atomic E-state index is 10.5. The van der Waals surface area contributed by atoms with Crippen molar-refractivity contribution in [3.05, 3.63) is 5.69 Å². The lowest BCUT2D eigenvalue weighted by Gasteiger charge is -1.92. The zero-order valence-corrected chi connectivity index (χ0v) is 5.40. The van der Waals surface area contributed by atoms with Crippen LogP contribution in [-0.2, 0) is 7.05 Å². The second-order valence-corrected chi connectivity index (χ2v) is 1.81. The van der Waals surface area contributed by atoms with Gasteiger partial charge >= 0.3 is 0 Å². The highest BCUT2D eigenvalue weighted by Gasteiger charge is 2.11. The van der Waals surface area contributed by atoms with E-state index in [1.807, 2.05) is 0 Å². The number of hydrogen-bond donors (Lipinski definition) is 2. The van der Waals surface area contributed by atoms with Gasteiger partial charge in [-0.15, -0.1) is 5.10 Å². The fraction of sp³-hybridized carbons (Fsp3) is 0.250. The van der Waals surface area contributed by atoms with Crippen LogP contribution in [0.4, 0.5) is 5.82 Å². The number of carbonyl (C=O) groups is 1. The third-order valence-electron chi connectivity index (χ3n) is 1.09. The Labute approximate surface area is 56.8 Å². The van der Waals surface area contributed by atoms with Crippen LogP contribution in [0.5, 0.6) is 0 Å². The predicted molar refractivity (Wildman–Crippen MR) is 33.9 cm³/mol. The highest BCUT2D eigenvalue weighted by atomic mass is 16.1. The summed E-state index contributed by atoms with van der Waals surface area (Å²) >= 11 is 0. The summed E-state index contributed by atoms with van der Waals surface area (Å²) in [5.41, 5.74) is 10.3. The van der Waals surface area contributed by atoms with E-state index < -0.39 is 5.91 Å². The molecule has 1 aromatic heterocycles. The number of rotatable bonds is 1. The van der Waals surface area contributed by atoms with Crippen molar-refractivity contribution in [3.8, 4) is 0 Å². The number of hydrogen-bond acceptors (Lipinski definition) is 4. The molecule has 0 saturated carbocycles. The standard InChI is InChI=1S/C4H7N5O/c1-9-2(4(6)10)3(5)7-8-9/h5H2,1H3,(H2,6,10). The molecule has 0 aromatic carbocycles. The van der Waals surface area contributed by atoms with E-state index >= 15 is 0 Å². The van der Waals surface area contributed by atoms with Gasteiger partial charge in [0.2, 0.25) is 0 Å². The molecular formula is C4H7N5O. The van der Waals surface area contributed by atoms with Crippen LogP contribution >= 0.6 is 0 Å². The van der Waals surface area contributed by atoms with Crippen molar-refractivity contribution in [3.63, 3.8) is 0 Å². The molecular weight excluding hydrogens is 134 g/mol. The fourth-order valence-corrected chi connectivity index (χ4v) is 0.659. The number of nitrogen functional groups attached to an aromatic ring is 1. The van der Waals surface area contributed by atoms with Crippen LogP contribution < -0.4 is 11.5 Å². The lowest BCUT2D eigenvalue weighted by atomic mass is 10.4. The number of nitrogens with zero attached hydrogens (tertiary/aromatic N) is 3. The molecule has 0 aliphatic rings. The van der Waals surface area contributed by atoms with Crippen LogP contribution in [0.2, 0.25) is 0 Å². The molecule has 1 heterocycles. The van der Waals surface area contributed by atoms with Crippen LogP contribution in [0.1, 0.15) is 10.5 Å². The van der Waals surface area contributed by atoms with Crippen molar-refractivity contribution >= 4 is 11.7 Å². The average molecular weight is 141 g/mol. The Bertz CT molecular complexity index is 245. The molecule has 54 valence electrons. The molecule has 0 bridgehead atoms. The van der Waals surface area contributed by atoms with Gasteiger partial charge in [0.15, 0.2) is 11.5 Å². The molecule has 0 atom stereocenters. The van der Waals surface area contributed by atoms with E-state index in [4.69, 9.17) is 11.5 Å². The summed E-state index contributed by atoms with van der Waals surface area (Å²) in [4.78, 5) is 10.5. The smallest absolute Gasteiger partial charge is 0.270 e. The molecule has 6 nitrogen and oxygen atoms in total. The first-order valence-corrected chi connectivity index (χ1v) is 2.58. The van der Waals surface area contributed by atoms with Crippen molar-refractivity contribution < 1.29 is 4.79 Å². The minimum atomic E-state index is -0.620. The van der Waals surface area contributed by atoms with Gasteiger partial charge in [-0.2, -0.15) is 0 Å². The van der Waals surface area contributed by atoms with Gasteiger partial charge in [0.05, 0.1) is 0 Å². The summed E-state index contributed by atoms with van der Waals surface area (Å²) in [7, 11) is 1.55. The number of carbonyl (C=O) groups excluding carboxylic acids is 1. The Morgan fingerprint density at radius 1 is 1.70 bits per heavy atom. The second-order valence-electron chi connectivity index (χ2n) is 1.81. The van der Waals surface area contributed by atoms with Crippen LogP contribution in [0.3, 0.4) is 0 Å².